The average molecular weight is 344 g/mol. The number of hydrogen-bond donors (Lipinski definition) is 2. The van der Waals surface area contributed by atoms with Gasteiger partial charge in [-0.15, -0.1) is 0 Å². The molecule has 0 radical (unpaired) electrons. The standard InChI is InChI=1S/C20H41NO3/c1-3-5-6-13-16-19(22)17-14-11-9-7-8-10-12-15-18-20(23)21-24-4-2/h19,22H,3-18H2,1-2H3,(H,21,23). The van der Waals surface area contributed by atoms with Crippen LogP contribution in [0, 0.1) is 0 Å². The summed E-state index contributed by atoms with van der Waals surface area (Å²) in [5.41, 5.74) is 2.43. The molecule has 0 fully saturated rings. The summed E-state index contributed by atoms with van der Waals surface area (Å²) >= 11 is 0. The minimum atomic E-state index is -0.0790. The molecular formula is C20H41NO3. The number of hydrogen-bond acceptors (Lipinski definition) is 3. The molecule has 0 aliphatic carbocycles. The minimum Gasteiger partial charge on any atom is -0.393 e. The van der Waals surface area contributed by atoms with Gasteiger partial charge in [0.05, 0.1) is 12.7 Å². The predicted octanol–water partition coefficient (Wildman–Crippen LogP) is 5.29. The number of unbranched alkanes of at least 4 members (excludes halogenated alkanes) is 10. The zero-order valence-electron chi connectivity index (χ0n) is 16.2. The van der Waals surface area contributed by atoms with Gasteiger partial charge in [-0.2, -0.15) is 0 Å². The highest BCUT2D eigenvalue weighted by molar-refractivity contribution is 5.74. The molecule has 4 heteroatoms. The third-order valence-corrected chi connectivity index (χ3v) is 4.41. The van der Waals surface area contributed by atoms with Gasteiger partial charge in [-0.05, 0) is 26.2 Å². The maximum atomic E-state index is 11.3. The van der Waals surface area contributed by atoms with Crippen LogP contribution in [0.5, 0.6) is 0 Å². The molecule has 0 rings (SSSR count). The second kappa shape index (κ2) is 18.7. The fourth-order valence-corrected chi connectivity index (χ4v) is 2.88. The highest BCUT2D eigenvalue weighted by Crippen LogP contribution is 2.14. The van der Waals surface area contributed by atoms with Crippen molar-refractivity contribution >= 4 is 5.91 Å². The molecule has 24 heavy (non-hydrogen) atoms. The summed E-state index contributed by atoms with van der Waals surface area (Å²) in [5.74, 6) is -0.00917. The summed E-state index contributed by atoms with van der Waals surface area (Å²) in [6.45, 7) is 4.59. The van der Waals surface area contributed by atoms with Gasteiger partial charge in [0.2, 0.25) is 5.91 Å². The van der Waals surface area contributed by atoms with E-state index in [0.29, 0.717) is 13.0 Å². The van der Waals surface area contributed by atoms with Crippen LogP contribution >= 0.6 is 0 Å². The Kier molecular flexibility index (Phi) is 18.2. The number of aliphatic hydroxyl groups is 1. The molecule has 0 saturated carbocycles. The number of carbonyl (C=O) groups excluding carboxylic acids is 1. The van der Waals surface area contributed by atoms with Crippen LogP contribution in [0.4, 0.5) is 0 Å². The lowest BCUT2D eigenvalue weighted by Gasteiger charge is -2.10. The zero-order chi connectivity index (χ0) is 17.9. The monoisotopic (exact) mass is 343 g/mol. The van der Waals surface area contributed by atoms with Crippen molar-refractivity contribution in [1.82, 2.24) is 5.48 Å². The molecule has 0 spiro atoms. The molecule has 2 N–H and O–H groups in total. The summed E-state index contributed by atoms with van der Waals surface area (Å²) in [6.07, 6.45) is 16.9. The fourth-order valence-electron chi connectivity index (χ4n) is 2.88. The number of carbonyl (C=O) groups is 1. The van der Waals surface area contributed by atoms with Crippen molar-refractivity contribution < 1.29 is 14.7 Å². The molecule has 0 heterocycles. The van der Waals surface area contributed by atoms with Crippen LogP contribution < -0.4 is 5.48 Å². The van der Waals surface area contributed by atoms with Crippen molar-refractivity contribution in [3.05, 3.63) is 0 Å². The van der Waals surface area contributed by atoms with Crippen LogP contribution in [0.2, 0.25) is 0 Å². The summed E-state index contributed by atoms with van der Waals surface area (Å²) in [6, 6.07) is 0. The van der Waals surface area contributed by atoms with Crippen LogP contribution in [0.3, 0.4) is 0 Å². The summed E-state index contributed by atoms with van der Waals surface area (Å²) in [5, 5.41) is 9.91. The van der Waals surface area contributed by atoms with E-state index in [9.17, 15) is 9.90 Å². The molecule has 0 aliphatic heterocycles. The number of amides is 1. The lowest BCUT2D eigenvalue weighted by Crippen LogP contribution is -2.23. The van der Waals surface area contributed by atoms with Gasteiger partial charge in [0.25, 0.3) is 0 Å². The second-order valence-electron chi connectivity index (χ2n) is 6.83. The van der Waals surface area contributed by atoms with E-state index < -0.39 is 0 Å². The predicted molar refractivity (Wildman–Crippen MR) is 101 cm³/mol. The largest absolute Gasteiger partial charge is 0.393 e. The van der Waals surface area contributed by atoms with Gasteiger partial charge in [-0.25, -0.2) is 5.48 Å². The highest BCUT2D eigenvalue weighted by atomic mass is 16.6. The van der Waals surface area contributed by atoms with E-state index in [-0.39, 0.29) is 12.0 Å². The van der Waals surface area contributed by atoms with E-state index >= 15 is 0 Å². The first-order valence-electron chi connectivity index (χ1n) is 10.3. The van der Waals surface area contributed by atoms with Gasteiger partial charge in [-0.3, -0.25) is 9.63 Å². The normalized spacial score (nSPS) is 12.3. The maximum Gasteiger partial charge on any atom is 0.243 e. The third kappa shape index (κ3) is 17.7. The highest BCUT2D eigenvalue weighted by Gasteiger charge is 2.03. The average Bonchev–Trinajstić information content (AvgIpc) is 2.58. The van der Waals surface area contributed by atoms with E-state index in [2.05, 4.69) is 12.4 Å². The van der Waals surface area contributed by atoms with Crippen molar-refractivity contribution in [2.75, 3.05) is 6.61 Å². The lowest BCUT2D eigenvalue weighted by atomic mass is 10.0. The minimum absolute atomic E-state index is 0.00917. The van der Waals surface area contributed by atoms with Gasteiger partial charge in [0.15, 0.2) is 0 Å². The first-order valence-corrected chi connectivity index (χ1v) is 10.3. The zero-order valence-corrected chi connectivity index (χ0v) is 16.2. The van der Waals surface area contributed by atoms with Crippen molar-refractivity contribution in [3.8, 4) is 0 Å². The van der Waals surface area contributed by atoms with Gasteiger partial charge in [0.1, 0.15) is 0 Å². The van der Waals surface area contributed by atoms with Crippen molar-refractivity contribution in [2.45, 2.75) is 116 Å². The van der Waals surface area contributed by atoms with Gasteiger partial charge in [-0.1, -0.05) is 77.6 Å². The molecule has 0 aromatic rings. The molecular weight excluding hydrogens is 302 g/mol. The first-order chi connectivity index (χ1) is 11.7. The Balaban J connectivity index is 3.18. The van der Waals surface area contributed by atoms with Crippen LogP contribution in [0.15, 0.2) is 0 Å². The Morgan fingerprint density at radius 2 is 1.33 bits per heavy atom. The molecule has 1 atom stereocenters. The Morgan fingerprint density at radius 1 is 0.833 bits per heavy atom. The van der Waals surface area contributed by atoms with Gasteiger partial charge >= 0.3 is 0 Å². The number of rotatable bonds is 18. The number of hydroxylamine groups is 1. The van der Waals surface area contributed by atoms with Crippen LogP contribution in [0.25, 0.3) is 0 Å². The summed E-state index contributed by atoms with van der Waals surface area (Å²) < 4.78 is 0. The van der Waals surface area contributed by atoms with Crippen molar-refractivity contribution in [2.24, 2.45) is 0 Å². The second-order valence-corrected chi connectivity index (χ2v) is 6.83. The van der Waals surface area contributed by atoms with Crippen LogP contribution in [-0.4, -0.2) is 23.7 Å². The Hall–Kier alpha value is -0.610. The van der Waals surface area contributed by atoms with Crippen LogP contribution in [-0.2, 0) is 9.63 Å². The molecule has 144 valence electrons. The quantitative estimate of drug-likeness (QED) is 0.263. The summed E-state index contributed by atoms with van der Waals surface area (Å²) in [7, 11) is 0. The number of aliphatic hydroxyl groups excluding tert-OH is 1. The molecule has 0 saturated heterocycles. The van der Waals surface area contributed by atoms with E-state index in [0.717, 1.165) is 32.1 Å². The van der Waals surface area contributed by atoms with Gasteiger partial charge in [0, 0.05) is 6.42 Å². The molecule has 0 aliphatic rings. The van der Waals surface area contributed by atoms with Gasteiger partial charge < -0.3 is 5.11 Å². The van der Waals surface area contributed by atoms with E-state index in [1.807, 2.05) is 6.92 Å². The SMILES string of the molecule is CCCCCCC(O)CCCCCCCCCCC(=O)NOCC. The van der Waals surface area contributed by atoms with E-state index in [4.69, 9.17) is 4.84 Å². The lowest BCUT2D eigenvalue weighted by molar-refractivity contribution is -0.133. The summed E-state index contributed by atoms with van der Waals surface area (Å²) in [4.78, 5) is 16.2. The fraction of sp³-hybridized carbons (Fsp3) is 0.950. The molecule has 0 aromatic heterocycles. The first kappa shape index (κ1) is 23.4. The number of nitrogens with one attached hydrogen (secondary N) is 1. The maximum absolute atomic E-state index is 11.3. The molecule has 0 aromatic carbocycles. The molecule has 1 amide bonds. The Bertz CT molecular complexity index is 272. The van der Waals surface area contributed by atoms with Crippen molar-refractivity contribution in [1.29, 1.82) is 0 Å². The van der Waals surface area contributed by atoms with E-state index in [1.165, 1.54) is 57.8 Å². The third-order valence-electron chi connectivity index (χ3n) is 4.41. The Labute approximate surface area is 149 Å². The molecule has 1 unspecified atom stereocenters. The smallest absolute Gasteiger partial charge is 0.243 e. The topological polar surface area (TPSA) is 58.6 Å². The molecule has 0 bridgehead atoms. The molecule has 4 nitrogen and oxygen atoms in total. The Morgan fingerprint density at radius 3 is 1.88 bits per heavy atom. The van der Waals surface area contributed by atoms with E-state index in [1.54, 1.807) is 0 Å². The van der Waals surface area contributed by atoms with Crippen LogP contribution in [0.1, 0.15) is 110 Å². The van der Waals surface area contributed by atoms with Crippen molar-refractivity contribution in [3.63, 3.8) is 0 Å².